The second kappa shape index (κ2) is 5.32. The monoisotopic (exact) mass is 266 g/mol. The summed E-state index contributed by atoms with van der Waals surface area (Å²) in [4.78, 5) is 21.5. The van der Waals surface area contributed by atoms with E-state index in [2.05, 4.69) is 0 Å². The summed E-state index contributed by atoms with van der Waals surface area (Å²) in [7, 11) is 0. The highest BCUT2D eigenvalue weighted by molar-refractivity contribution is 8.48. The molecule has 0 spiro atoms. The molecule has 0 aromatic rings. The first-order valence-corrected chi connectivity index (χ1v) is 6.26. The van der Waals surface area contributed by atoms with Gasteiger partial charge in [-0.3, -0.25) is 4.79 Å². The third-order valence-corrected chi connectivity index (χ3v) is 4.12. The van der Waals surface area contributed by atoms with Crippen LogP contribution in [0.25, 0.3) is 0 Å². The molecule has 0 aliphatic carbocycles. The maximum absolute atomic E-state index is 10.8. The Labute approximate surface area is 103 Å². The number of carboxylic acids is 1. The standard InChI is InChI=1S/C9H14O3S3/c1-8(2,5-10)14-7(13)15-9(3,4)6(11)12/h5H,1-4H3,(H,11,12). The van der Waals surface area contributed by atoms with Crippen molar-refractivity contribution in [2.75, 3.05) is 0 Å². The van der Waals surface area contributed by atoms with Gasteiger partial charge < -0.3 is 9.90 Å². The summed E-state index contributed by atoms with van der Waals surface area (Å²) < 4.78 is -1.08. The van der Waals surface area contributed by atoms with Gasteiger partial charge in [0.05, 0.1) is 4.75 Å². The second-order valence-corrected chi connectivity index (χ2v) is 8.47. The average Bonchev–Trinajstić information content (AvgIpc) is 2.01. The third kappa shape index (κ3) is 5.53. The minimum absolute atomic E-state index is 0.472. The number of hydrogen-bond acceptors (Lipinski definition) is 5. The van der Waals surface area contributed by atoms with Crippen LogP contribution in [-0.2, 0) is 9.59 Å². The topological polar surface area (TPSA) is 54.4 Å². The number of carbonyl (C=O) groups excluding carboxylic acids is 1. The number of carboxylic acid groups (broad SMARTS) is 1. The number of thiocarbonyl (C=S) groups is 1. The van der Waals surface area contributed by atoms with Crippen LogP contribution in [0.1, 0.15) is 27.7 Å². The summed E-state index contributed by atoms with van der Waals surface area (Å²) in [5.41, 5.74) is 0. The van der Waals surface area contributed by atoms with E-state index in [0.717, 1.165) is 18.0 Å². The predicted octanol–water partition coefficient (Wildman–Crippen LogP) is 2.58. The van der Waals surface area contributed by atoms with E-state index in [1.807, 2.05) is 0 Å². The molecule has 0 unspecified atom stereocenters. The van der Waals surface area contributed by atoms with Gasteiger partial charge in [-0.25, -0.2) is 0 Å². The van der Waals surface area contributed by atoms with Gasteiger partial charge in [0.15, 0.2) is 0 Å². The number of rotatable bonds is 4. The predicted molar refractivity (Wildman–Crippen MR) is 69.6 cm³/mol. The van der Waals surface area contributed by atoms with Crippen LogP contribution in [0.4, 0.5) is 0 Å². The Hall–Kier alpha value is -0.0700. The molecule has 0 aliphatic rings. The molecule has 0 heterocycles. The molecule has 1 N–H and O–H groups in total. The van der Waals surface area contributed by atoms with Crippen LogP contribution in [0, 0.1) is 0 Å². The molecule has 6 heteroatoms. The minimum Gasteiger partial charge on any atom is -0.480 e. The van der Waals surface area contributed by atoms with E-state index >= 15 is 0 Å². The average molecular weight is 266 g/mol. The molecule has 3 nitrogen and oxygen atoms in total. The molecular weight excluding hydrogens is 252 g/mol. The Morgan fingerprint density at radius 3 is 2.07 bits per heavy atom. The minimum atomic E-state index is -0.955. The van der Waals surface area contributed by atoms with Gasteiger partial charge in [-0.15, -0.1) is 0 Å². The quantitative estimate of drug-likeness (QED) is 0.623. The highest BCUT2D eigenvalue weighted by Gasteiger charge is 2.31. The van der Waals surface area contributed by atoms with Crippen molar-refractivity contribution >= 4 is 51.5 Å². The fourth-order valence-electron chi connectivity index (χ4n) is 0.512. The number of aldehydes is 1. The van der Waals surface area contributed by atoms with Gasteiger partial charge >= 0.3 is 5.97 Å². The number of aliphatic carboxylic acids is 1. The molecule has 0 amide bonds. The maximum atomic E-state index is 10.8. The van der Waals surface area contributed by atoms with Crippen molar-refractivity contribution in [1.29, 1.82) is 0 Å². The smallest absolute Gasteiger partial charge is 0.319 e. The molecule has 15 heavy (non-hydrogen) atoms. The van der Waals surface area contributed by atoms with Crippen LogP contribution >= 0.6 is 35.7 Å². The zero-order chi connectivity index (χ0) is 12.3. The van der Waals surface area contributed by atoms with Gasteiger partial charge in [0, 0.05) is 0 Å². The van der Waals surface area contributed by atoms with Crippen molar-refractivity contribution < 1.29 is 14.7 Å². The van der Waals surface area contributed by atoms with E-state index in [1.165, 1.54) is 11.8 Å². The Morgan fingerprint density at radius 1 is 1.27 bits per heavy atom. The molecule has 0 rings (SSSR count). The molecule has 86 valence electrons. The number of hydrogen-bond donors (Lipinski definition) is 1. The lowest BCUT2D eigenvalue weighted by atomic mass is 10.2. The summed E-state index contributed by atoms with van der Waals surface area (Å²) in [6, 6.07) is 0. The molecule has 0 atom stereocenters. The summed E-state index contributed by atoms with van der Waals surface area (Å²) in [6.07, 6.45) is 0.804. The molecule has 0 aromatic carbocycles. The zero-order valence-corrected chi connectivity index (χ0v) is 11.5. The van der Waals surface area contributed by atoms with Crippen LogP contribution in [-0.4, -0.2) is 30.4 Å². The lowest BCUT2D eigenvalue weighted by Gasteiger charge is -2.22. The van der Waals surface area contributed by atoms with Gasteiger partial charge in [-0.1, -0.05) is 35.7 Å². The van der Waals surface area contributed by atoms with Gasteiger partial charge in [0.25, 0.3) is 0 Å². The van der Waals surface area contributed by atoms with Crippen LogP contribution in [0.2, 0.25) is 0 Å². The summed E-state index contributed by atoms with van der Waals surface area (Å²) in [6.45, 7) is 6.65. The highest BCUT2D eigenvalue weighted by atomic mass is 32.2. The summed E-state index contributed by atoms with van der Waals surface area (Å²) in [5, 5.41) is 8.89. The van der Waals surface area contributed by atoms with E-state index in [0.29, 0.717) is 3.53 Å². The first-order valence-electron chi connectivity index (χ1n) is 4.22. The largest absolute Gasteiger partial charge is 0.480 e. The lowest BCUT2D eigenvalue weighted by molar-refractivity contribution is -0.138. The first kappa shape index (κ1) is 14.9. The van der Waals surface area contributed by atoms with E-state index in [9.17, 15) is 9.59 Å². The Balaban J connectivity index is 4.40. The zero-order valence-electron chi connectivity index (χ0n) is 9.07. The van der Waals surface area contributed by atoms with Gasteiger partial charge in [-0.2, -0.15) is 0 Å². The fourth-order valence-corrected chi connectivity index (χ4v) is 4.20. The fraction of sp³-hybridized carbons (Fsp3) is 0.667. The molecule has 0 aliphatic heterocycles. The van der Waals surface area contributed by atoms with E-state index in [1.54, 1.807) is 27.7 Å². The Bertz CT molecular complexity index is 284. The molecule has 0 saturated heterocycles. The van der Waals surface area contributed by atoms with Crippen LogP contribution in [0.5, 0.6) is 0 Å². The van der Waals surface area contributed by atoms with Gasteiger partial charge in [0.2, 0.25) is 0 Å². The van der Waals surface area contributed by atoms with Crippen LogP contribution in [0.15, 0.2) is 0 Å². The Morgan fingerprint density at radius 2 is 1.73 bits per heavy atom. The van der Waals surface area contributed by atoms with Crippen LogP contribution in [0.3, 0.4) is 0 Å². The normalized spacial score (nSPS) is 12.3. The van der Waals surface area contributed by atoms with Crippen molar-refractivity contribution in [3.63, 3.8) is 0 Å². The SMILES string of the molecule is CC(C)(C=O)SC(=S)SC(C)(C)C(=O)O. The van der Waals surface area contributed by atoms with Gasteiger partial charge in [0.1, 0.15) is 14.6 Å². The van der Waals surface area contributed by atoms with Crippen molar-refractivity contribution in [3.05, 3.63) is 0 Å². The van der Waals surface area contributed by atoms with Crippen molar-refractivity contribution in [3.8, 4) is 0 Å². The Kier molecular flexibility index (Phi) is 5.29. The number of carbonyl (C=O) groups is 2. The molecular formula is C9H14O3S3. The third-order valence-electron chi connectivity index (χ3n) is 1.48. The second-order valence-electron chi connectivity index (χ2n) is 3.99. The summed E-state index contributed by atoms with van der Waals surface area (Å²) >= 11 is 7.34. The van der Waals surface area contributed by atoms with Crippen molar-refractivity contribution in [2.45, 2.75) is 37.2 Å². The van der Waals surface area contributed by atoms with E-state index < -0.39 is 15.5 Å². The van der Waals surface area contributed by atoms with Crippen LogP contribution < -0.4 is 0 Å². The summed E-state index contributed by atoms with van der Waals surface area (Å²) in [5.74, 6) is -0.917. The molecule has 0 aromatic heterocycles. The molecule has 0 saturated carbocycles. The van der Waals surface area contributed by atoms with Crippen molar-refractivity contribution in [2.24, 2.45) is 0 Å². The first-order chi connectivity index (χ1) is 6.60. The van der Waals surface area contributed by atoms with Gasteiger partial charge in [-0.05, 0) is 27.7 Å². The molecule has 0 bridgehead atoms. The van der Waals surface area contributed by atoms with E-state index in [-0.39, 0.29) is 0 Å². The molecule has 0 radical (unpaired) electrons. The molecule has 0 fully saturated rings. The lowest BCUT2D eigenvalue weighted by Crippen LogP contribution is -2.29. The maximum Gasteiger partial charge on any atom is 0.319 e. The number of thioether (sulfide) groups is 2. The van der Waals surface area contributed by atoms with E-state index in [4.69, 9.17) is 17.3 Å². The van der Waals surface area contributed by atoms with Crippen molar-refractivity contribution in [1.82, 2.24) is 0 Å². The highest BCUT2D eigenvalue weighted by Crippen LogP contribution is 2.35.